The Kier molecular flexibility index (Phi) is 6.71. The van der Waals surface area contributed by atoms with E-state index in [4.69, 9.17) is 30.5 Å². The van der Waals surface area contributed by atoms with Crippen LogP contribution in [-0.4, -0.2) is 25.7 Å². The lowest BCUT2D eigenvalue weighted by Gasteiger charge is -2.19. The van der Waals surface area contributed by atoms with Gasteiger partial charge in [0, 0.05) is 27.9 Å². The fourth-order valence-electron chi connectivity index (χ4n) is 3.32. The summed E-state index contributed by atoms with van der Waals surface area (Å²) in [5.74, 6) is 2.42. The fraction of sp³-hybridized carbons (Fsp3) is 0.240. The monoisotopic (exact) mass is 453 g/mol. The predicted molar refractivity (Wildman–Crippen MR) is 124 cm³/mol. The molecule has 1 amide bonds. The van der Waals surface area contributed by atoms with Crippen LogP contribution in [0.2, 0.25) is 5.02 Å². The lowest BCUT2D eigenvalue weighted by atomic mass is 10.1. The normalized spacial score (nSPS) is 12.2. The van der Waals surface area contributed by atoms with E-state index in [1.807, 2.05) is 26.0 Å². The van der Waals surface area contributed by atoms with Gasteiger partial charge in [0.2, 0.25) is 0 Å². The maximum Gasteiger partial charge on any atom is 0.255 e. The van der Waals surface area contributed by atoms with E-state index in [0.29, 0.717) is 59.1 Å². The Bertz CT molecular complexity index is 1130. The number of amides is 1. The van der Waals surface area contributed by atoms with Gasteiger partial charge in [-0.2, -0.15) is 0 Å². The zero-order chi connectivity index (χ0) is 22.5. The topological polar surface area (TPSA) is 66.0 Å². The summed E-state index contributed by atoms with van der Waals surface area (Å²) in [5, 5.41) is 3.59. The average Bonchev–Trinajstić information content (AvgIpc) is 2.80. The third kappa shape index (κ3) is 5.08. The summed E-state index contributed by atoms with van der Waals surface area (Å²) in [5.41, 5.74) is 2.83. The van der Waals surface area contributed by atoms with Crippen LogP contribution in [0.4, 0.5) is 5.69 Å². The first-order valence-electron chi connectivity index (χ1n) is 10.4. The molecule has 3 aromatic rings. The first-order chi connectivity index (χ1) is 15.5. The smallest absolute Gasteiger partial charge is 0.255 e. The molecular weight excluding hydrogens is 430 g/mol. The summed E-state index contributed by atoms with van der Waals surface area (Å²) < 4.78 is 22.8. The number of hydrogen-bond acceptors (Lipinski definition) is 5. The second-order valence-corrected chi connectivity index (χ2v) is 7.67. The van der Waals surface area contributed by atoms with Gasteiger partial charge in [-0.15, -0.1) is 0 Å². The average molecular weight is 454 g/mol. The van der Waals surface area contributed by atoms with Crippen LogP contribution in [0.25, 0.3) is 0 Å². The Morgan fingerprint density at radius 3 is 2.59 bits per heavy atom. The molecule has 0 bridgehead atoms. The molecule has 7 heteroatoms. The van der Waals surface area contributed by atoms with Crippen molar-refractivity contribution in [3.63, 3.8) is 0 Å². The lowest BCUT2D eigenvalue weighted by molar-refractivity contribution is 0.102. The summed E-state index contributed by atoms with van der Waals surface area (Å²) in [7, 11) is 0. The molecule has 0 aliphatic carbocycles. The number of rotatable bonds is 7. The second-order valence-electron chi connectivity index (χ2n) is 7.27. The molecule has 1 aliphatic heterocycles. The molecule has 0 spiro atoms. The molecule has 1 aliphatic rings. The van der Waals surface area contributed by atoms with Crippen molar-refractivity contribution in [3.8, 4) is 23.0 Å². The number of fused-ring (bicyclic) bond motifs is 1. The molecule has 0 saturated carbocycles. The van der Waals surface area contributed by atoms with Gasteiger partial charge in [0.25, 0.3) is 5.91 Å². The van der Waals surface area contributed by atoms with Crippen molar-refractivity contribution in [1.29, 1.82) is 0 Å². The lowest BCUT2D eigenvalue weighted by Crippen LogP contribution is -2.16. The van der Waals surface area contributed by atoms with Crippen LogP contribution in [0, 0.1) is 6.92 Å². The van der Waals surface area contributed by atoms with Crippen molar-refractivity contribution in [1.82, 2.24) is 0 Å². The SMILES string of the molecule is CCOc1ccc(C(=O)Nc2ccc3c(c2)OCCO3)cc1COc1ccc(Cl)c(C)c1. The fourth-order valence-corrected chi connectivity index (χ4v) is 3.44. The van der Waals surface area contributed by atoms with Crippen LogP contribution in [0.5, 0.6) is 23.0 Å². The van der Waals surface area contributed by atoms with E-state index in [9.17, 15) is 4.79 Å². The molecule has 4 rings (SSSR count). The van der Waals surface area contributed by atoms with Crippen molar-refractivity contribution in [2.24, 2.45) is 0 Å². The van der Waals surface area contributed by atoms with Gasteiger partial charge in [-0.1, -0.05) is 11.6 Å². The van der Waals surface area contributed by atoms with Crippen molar-refractivity contribution < 1.29 is 23.7 Å². The summed E-state index contributed by atoms with van der Waals surface area (Å²) in [6, 6.07) is 16.1. The van der Waals surface area contributed by atoms with E-state index >= 15 is 0 Å². The second kappa shape index (κ2) is 9.83. The summed E-state index contributed by atoms with van der Waals surface area (Å²) in [4.78, 5) is 12.9. The molecule has 0 aromatic heterocycles. The Morgan fingerprint density at radius 2 is 1.81 bits per heavy atom. The molecule has 0 saturated heterocycles. The first-order valence-corrected chi connectivity index (χ1v) is 10.8. The highest BCUT2D eigenvalue weighted by Gasteiger charge is 2.15. The first kappa shape index (κ1) is 21.8. The standard InChI is InChI=1S/C25H24ClNO5/c1-3-29-22-8-4-17(13-18(22)15-32-20-6-7-21(26)16(2)12-20)25(28)27-19-5-9-23-24(14-19)31-11-10-30-23/h4-9,12-14H,3,10-11,15H2,1-2H3,(H,27,28). The maximum atomic E-state index is 12.9. The highest BCUT2D eigenvalue weighted by Crippen LogP contribution is 2.33. The molecule has 3 aromatic carbocycles. The van der Waals surface area contributed by atoms with Gasteiger partial charge in [0.15, 0.2) is 11.5 Å². The number of ether oxygens (including phenoxy) is 4. The van der Waals surface area contributed by atoms with Gasteiger partial charge in [0.05, 0.1) is 6.61 Å². The minimum absolute atomic E-state index is 0.242. The van der Waals surface area contributed by atoms with Crippen LogP contribution in [0.15, 0.2) is 54.6 Å². The molecule has 0 radical (unpaired) electrons. The van der Waals surface area contributed by atoms with Gasteiger partial charge in [-0.25, -0.2) is 0 Å². The Hall–Kier alpha value is -3.38. The molecule has 0 atom stereocenters. The zero-order valence-corrected chi connectivity index (χ0v) is 18.7. The van der Waals surface area contributed by atoms with Crippen LogP contribution >= 0.6 is 11.6 Å². The van der Waals surface area contributed by atoms with Gasteiger partial charge < -0.3 is 24.3 Å². The molecule has 166 valence electrons. The highest BCUT2D eigenvalue weighted by molar-refractivity contribution is 6.31. The third-order valence-corrected chi connectivity index (χ3v) is 5.37. The molecular formula is C25H24ClNO5. The Labute approximate surface area is 192 Å². The Morgan fingerprint density at radius 1 is 1.00 bits per heavy atom. The third-order valence-electron chi connectivity index (χ3n) is 4.95. The summed E-state index contributed by atoms with van der Waals surface area (Å²) in [6.45, 7) is 5.60. The zero-order valence-electron chi connectivity index (χ0n) is 17.9. The number of hydrogen-bond donors (Lipinski definition) is 1. The van der Waals surface area contributed by atoms with Gasteiger partial charge in [-0.05, 0) is 67.9 Å². The maximum absolute atomic E-state index is 12.9. The van der Waals surface area contributed by atoms with E-state index < -0.39 is 0 Å². The number of carbonyl (C=O) groups excluding carboxylic acids is 1. The van der Waals surface area contributed by atoms with E-state index in [1.165, 1.54) is 0 Å². The van der Waals surface area contributed by atoms with Gasteiger partial charge in [-0.3, -0.25) is 4.79 Å². The van der Waals surface area contributed by atoms with Crippen LogP contribution in [0.3, 0.4) is 0 Å². The van der Waals surface area contributed by atoms with E-state index in [1.54, 1.807) is 42.5 Å². The summed E-state index contributed by atoms with van der Waals surface area (Å²) >= 11 is 6.09. The van der Waals surface area contributed by atoms with Gasteiger partial charge in [0.1, 0.15) is 31.3 Å². The van der Waals surface area contributed by atoms with Crippen molar-refractivity contribution in [3.05, 3.63) is 76.3 Å². The quantitative estimate of drug-likeness (QED) is 0.500. The number of nitrogens with one attached hydrogen (secondary N) is 1. The minimum atomic E-state index is -0.242. The van der Waals surface area contributed by atoms with Crippen LogP contribution in [0.1, 0.15) is 28.4 Å². The molecule has 0 unspecified atom stereocenters. The van der Waals surface area contributed by atoms with Gasteiger partial charge >= 0.3 is 0 Å². The van der Waals surface area contributed by atoms with E-state index in [2.05, 4.69) is 5.32 Å². The summed E-state index contributed by atoms with van der Waals surface area (Å²) in [6.07, 6.45) is 0. The minimum Gasteiger partial charge on any atom is -0.493 e. The van der Waals surface area contributed by atoms with Crippen LogP contribution < -0.4 is 24.3 Å². The largest absolute Gasteiger partial charge is 0.493 e. The Balaban J connectivity index is 1.51. The number of halogens is 1. The van der Waals surface area contributed by atoms with Crippen molar-refractivity contribution >= 4 is 23.2 Å². The molecule has 1 heterocycles. The molecule has 1 N–H and O–H groups in total. The highest BCUT2D eigenvalue weighted by atomic mass is 35.5. The number of carbonyl (C=O) groups is 1. The van der Waals surface area contributed by atoms with Crippen LogP contribution in [-0.2, 0) is 6.61 Å². The van der Waals surface area contributed by atoms with Crippen molar-refractivity contribution in [2.45, 2.75) is 20.5 Å². The number of benzene rings is 3. The molecule has 32 heavy (non-hydrogen) atoms. The molecule has 0 fully saturated rings. The van der Waals surface area contributed by atoms with E-state index in [0.717, 1.165) is 11.1 Å². The molecule has 6 nitrogen and oxygen atoms in total. The number of aryl methyl sites for hydroxylation is 1. The van der Waals surface area contributed by atoms with E-state index in [-0.39, 0.29) is 12.5 Å². The number of anilines is 1. The van der Waals surface area contributed by atoms with Crippen molar-refractivity contribution in [2.75, 3.05) is 25.1 Å². The predicted octanol–water partition coefficient (Wildman–Crippen LogP) is 5.65.